The molecule has 3 aromatic carbocycles. The van der Waals surface area contributed by atoms with Crippen LogP contribution in [0.5, 0.6) is 0 Å². The van der Waals surface area contributed by atoms with Crippen LogP contribution in [0.15, 0.2) is 83.5 Å². The van der Waals surface area contributed by atoms with Crippen molar-refractivity contribution >= 4 is 22.7 Å². The van der Waals surface area contributed by atoms with Crippen molar-refractivity contribution in [1.29, 1.82) is 0 Å². The van der Waals surface area contributed by atoms with Crippen LogP contribution < -0.4 is 5.32 Å². The SMILES string of the molecule is CC1(c2ccc3ccccc3c2)NC(=O)N(Cc2coc(-c3ccccc3)n2)C1=O. The lowest BCUT2D eigenvalue weighted by Crippen LogP contribution is -2.40. The molecule has 0 radical (unpaired) electrons. The van der Waals surface area contributed by atoms with Crippen LogP contribution in [-0.4, -0.2) is 21.8 Å². The molecule has 1 saturated heterocycles. The molecule has 0 bridgehead atoms. The van der Waals surface area contributed by atoms with Crippen molar-refractivity contribution in [3.63, 3.8) is 0 Å². The van der Waals surface area contributed by atoms with Crippen LogP contribution in [0.4, 0.5) is 4.79 Å². The van der Waals surface area contributed by atoms with Gasteiger partial charge in [-0.1, -0.05) is 54.6 Å². The van der Waals surface area contributed by atoms with Crippen molar-refractivity contribution in [2.24, 2.45) is 0 Å². The van der Waals surface area contributed by atoms with Crippen LogP contribution in [0.1, 0.15) is 18.2 Å². The number of aromatic nitrogens is 1. The van der Waals surface area contributed by atoms with Gasteiger partial charge in [0.2, 0.25) is 5.89 Å². The van der Waals surface area contributed by atoms with E-state index in [0.29, 0.717) is 11.6 Å². The maximum Gasteiger partial charge on any atom is 0.325 e. The number of nitrogens with zero attached hydrogens (tertiary/aromatic N) is 2. The van der Waals surface area contributed by atoms with E-state index in [1.165, 1.54) is 11.2 Å². The van der Waals surface area contributed by atoms with Gasteiger partial charge in [-0.15, -0.1) is 0 Å². The highest BCUT2D eigenvalue weighted by Gasteiger charge is 2.49. The van der Waals surface area contributed by atoms with Gasteiger partial charge in [0.05, 0.1) is 12.2 Å². The molecule has 30 heavy (non-hydrogen) atoms. The Bertz CT molecular complexity index is 1260. The summed E-state index contributed by atoms with van der Waals surface area (Å²) >= 11 is 0. The minimum absolute atomic E-state index is 0.0458. The van der Waals surface area contributed by atoms with E-state index in [1.54, 1.807) is 6.92 Å². The van der Waals surface area contributed by atoms with Crippen LogP contribution in [-0.2, 0) is 16.9 Å². The summed E-state index contributed by atoms with van der Waals surface area (Å²) in [6.07, 6.45) is 1.48. The van der Waals surface area contributed by atoms with Crippen LogP contribution in [0.3, 0.4) is 0 Å². The van der Waals surface area contributed by atoms with Crippen molar-refractivity contribution in [3.8, 4) is 11.5 Å². The van der Waals surface area contributed by atoms with Gasteiger partial charge < -0.3 is 9.73 Å². The molecule has 148 valence electrons. The van der Waals surface area contributed by atoms with Gasteiger partial charge in [-0.05, 0) is 41.5 Å². The lowest BCUT2D eigenvalue weighted by atomic mass is 9.90. The molecule has 0 saturated carbocycles. The monoisotopic (exact) mass is 397 g/mol. The fraction of sp³-hybridized carbons (Fsp3) is 0.125. The average Bonchev–Trinajstić information content (AvgIpc) is 3.33. The molecule has 1 N–H and O–H groups in total. The first-order chi connectivity index (χ1) is 14.5. The van der Waals surface area contributed by atoms with E-state index in [1.807, 2.05) is 72.8 Å². The fourth-order valence-corrected chi connectivity index (χ4v) is 3.79. The molecular formula is C24H19N3O3. The number of oxazole rings is 1. The van der Waals surface area contributed by atoms with E-state index in [9.17, 15) is 9.59 Å². The number of carbonyl (C=O) groups excluding carboxylic acids is 2. The summed E-state index contributed by atoms with van der Waals surface area (Å²) in [5, 5.41) is 4.94. The molecule has 1 aliphatic heterocycles. The van der Waals surface area contributed by atoms with E-state index < -0.39 is 11.6 Å². The molecule has 0 aliphatic carbocycles. The van der Waals surface area contributed by atoms with Gasteiger partial charge in [0.15, 0.2) is 0 Å². The van der Waals surface area contributed by atoms with Crippen molar-refractivity contribution in [1.82, 2.24) is 15.2 Å². The topological polar surface area (TPSA) is 75.4 Å². The zero-order chi connectivity index (χ0) is 20.7. The summed E-state index contributed by atoms with van der Waals surface area (Å²) in [4.78, 5) is 31.5. The van der Waals surface area contributed by atoms with Gasteiger partial charge in [-0.3, -0.25) is 9.69 Å². The first kappa shape index (κ1) is 18.1. The van der Waals surface area contributed by atoms with Crippen molar-refractivity contribution in [2.45, 2.75) is 19.0 Å². The Labute approximate surface area is 173 Å². The minimum Gasteiger partial charge on any atom is -0.444 e. The van der Waals surface area contributed by atoms with Crippen LogP contribution in [0.25, 0.3) is 22.2 Å². The first-order valence-corrected chi connectivity index (χ1v) is 9.68. The van der Waals surface area contributed by atoms with Gasteiger partial charge in [0.1, 0.15) is 11.8 Å². The number of nitrogens with one attached hydrogen (secondary N) is 1. The molecule has 1 fully saturated rings. The molecule has 0 spiro atoms. The van der Waals surface area contributed by atoms with E-state index >= 15 is 0 Å². The highest BCUT2D eigenvalue weighted by Crippen LogP contribution is 2.32. The summed E-state index contributed by atoms with van der Waals surface area (Å²) in [7, 11) is 0. The molecule has 3 amide bonds. The highest BCUT2D eigenvalue weighted by atomic mass is 16.3. The third-order valence-corrected chi connectivity index (χ3v) is 5.49. The van der Waals surface area contributed by atoms with Gasteiger partial charge in [-0.2, -0.15) is 0 Å². The number of carbonyl (C=O) groups is 2. The molecule has 1 aromatic heterocycles. The van der Waals surface area contributed by atoms with Gasteiger partial charge in [0.25, 0.3) is 5.91 Å². The second-order valence-electron chi connectivity index (χ2n) is 7.52. The van der Waals surface area contributed by atoms with Crippen LogP contribution in [0.2, 0.25) is 0 Å². The Hall–Kier alpha value is -3.93. The molecule has 1 atom stereocenters. The molecule has 6 heteroatoms. The van der Waals surface area contributed by atoms with Crippen LogP contribution in [0, 0.1) is 0 Å². The zero-order valence-corrected chi connectivity index (χ0v) is 16.3. The zero-order valence-electron chi connectivity index (χ0n) is 16.3. The predicted molar refractivity (Wildman–Crippen MR) is 112 cm³/mol. The Morgan fingerprint density at radius 2 is 1.70 bits per heavy atom. The Morgan fingerprint density at radius 1 is 0.967 bits per heavy atom. The van der Waals surface area contributed by atoms with Crippen LogP contribution >= 0.6 is 0 Å². The molecule has 1 aliphatic rings. The number of hydrogen-bond acceptors (Lipinski definition) is 4. The van der Waals surface area contributed by atoms with Gasteiger partial charge in [-0.25, -0.2) is 9.78 Å². The molecule has 4 aromatic rings. The number of hydrogen-bond donors (Lipinski definition) is 1. The summed E-state index contributed by atoms with van der Waals surface area (Å²) in [6, 6.07) is 22.7. The fourth-order valence-electron chi connectivity index (χ4n) is 3.79. The number of imide groups is 1. The van der Waals surface area contributed by atoms with Crippen molar-refractivity contribution in [3.05, 3.63) is 90.3 Å². The molecule has 6 nitrogen and oxygen atoms in total. The number of fused-ring (bicyclic) bond motifs is 1. The molecular weight excluding hydrogens is 378 g/mol. The predicted octanol–water partition coefficient (Wildman–Crippen LogP) is 4.46. The van der Waals surface area contributed by atoms with E-state index in [0.717, 1.165) is 21.9 Å². The van der Waals surface area contributed by atoms with Gasteiger partial charge >= 0.3 is 6.03 Å². The molecule has 1 unspecified atom stereocenters. The Kier molecular flexibility index (Phi) is 4.13. The first-order valence-electron chi connectivity index (χ1n) is 9.68. The summed E-state index contributed by atoms with van der Waals surface area (Å²) < 4.78 is 5.54. The number of rotatable bonds is 4. The summed E-state index contributed by atoms with van der Waals surface area (Å²) in [5.41, 5.74) is 0.960. The third-order valence-electron chi connectivity index (χ3n) is 5.49. The number of urea groups is 1. The molecule has 5 rings (SSSR count). The lowest BCUT2D eigenvalue weighted by molar-refractivity contribution is -0.131. The van der Waals surface area contributed by atoms with E-state index in [2.05, 4.69) is 10.3 Å². The summed E-state index contributed by atoms with van der Waals surface area (Å²) in [5.74, 6) is 0.141. The maximum atomic E-state index is 13.2. The second-order valence-corrected chi connectivity index (χ2v) is 7.52. The summed E-state index contributed by atoms with van der Waals surface area (Å²) in [6.45, 7) is 1.78. The lowest BCUT2D eigenvalue weighted by Gasteiger charge is -2.22. The van der Waals surface area contributed by atoms with Crippen molar-refractivity contribution < 1.29 is 14.0 Å². The standard InChI is InChI=1S/C24H19N3O3/c1-24(19-12-11-16-7-5-6-10-18(16)13-19)22(28)27(23(29)26-24)14-20-15-30-21(25-20)17-8-3-2-4-9-17/h2-13,15H,14H2,1H3,(H,26,29). The minimum atomic E-state index is -1.13. The number of amides is 3. The van der Waals surface area contributed by atoms with E-state index in [-0.39, 0.29) is 12.5 Å². The van der Waals surface area contributed by atoms with Crippen molar-refractivity contribution in [2.75, 3.05) is 0 Å². The number of benzene rings is 3. The molecule has 2 heterocycles. The van der Waals surface area contributed by atoms with E-state index in [4.69, 9.17) is 4.42 Å². The third kappa shape index (κ3) is 2.93. The maximum absolute atomic E-state index is 13.2. The normalized spacial score (nSPS) is 18.8. The average molecular weight is 397 g/mol. The van der Waals surface area contributed by atoms with Gasteiger partial charge in [0, 0.05) is 5.56 Å². The smallest absolute Gasteiger partial charge is 0.325 e. The largest absolute Gasteiger partial charge is 0.444 e. The highest BCUT2D eigenvalue weighted by molar-refractivity contribution is 6.07. The quantitative estimate of drug-likeness (QED) is 0.516. The Morgan fingerprint density at radius 3 is 2.50 bits per heavy atom. The Balaban J connectivity index is 1.42. The second kappa shape index (κ2) is 6.84.